The first-order valence-electron chi connectivity index (χ1n) is 6.05. The molecule has 0 saturated carbocycles. The molecule has 0 aliphatic heterocycles. The first-order chi connectivity index (χ1) is 9.51. The van der Waals surface area contributed by atoms with Crippen LogP contribution in [-0.4, -0.2) is 18.4 Å². The number of fused-ring (bicyclic) bond motifs is 1. The largest absolute Gasteiger partial charge is 0.427 e. The highest BCUT2D eigenvalue weighted by molar-refractivity contribution is 5.96. The molecule has 1 amide bonds. The van der Waals surface area contributed by atoms with Crippen molar-refractivity contribution in [2.45, 2.75) is 13.8 Å². The van der Waals surface area contributed by atoms with Gasteiger partial charge < -0.3 is 14.5 Å². The molecule has 0 unspecified atom stereocenters. The van der Waals surface area contributed by atoms with Gasteiger partial charge in [0, 0.05) is 24.9 Å². The van der Waals surface area contributed by atoms with E-state index in [1.807, 2.05) is 0 Å². The van der Waals surface area contributed by atoms with Crippen LogP contribution in [0.1, 0.15) is 24.2 Å². The smallest absolute Gasteiger partial charge is 0.349 e. The number of benzene rings is 1. The second kappa shape index (κ2) is 5.56. The Bertz CT molecular complexity index is 732. The minimum atomic E-state index is -0.733. The van der Waals surface area contributed by atoms with Gasteiger partial charge in [-0.05, 0) is 25.1 Å². The van der Waals surface area contributed by atoms with Crippen LogP contribution in [0.3, 0.4) is 0 Å². The molecule has 1 aromatic heterocycles. The van der Waals surface area contributed by atoms with Gasteiger partial charge in [-0.1, -0.05) is 0 Å². The van der Waals surface area contributed by atoms with Gasteiger partial charge in [0.2, 0.25) is 0 Å². The summed E-state index contributed by atoms with van der Waals surface area (Å²) < 4.78 is 9.97. The lowest BCUT2D eigenvalue weighted by Crippen LogP contribution is -2.27. The maximum atomic E-state index is 11.7. The lowest BCUT2D eigenvalue weighted by Gasteiger charge is -2.04. The summed E-state index contributed by atoms with van der Waals surface area (Å²) in [6, 6.07) is 6.05. The molecule has 2 aromatic rings. The highest BCUT2D eigenvalue weighted by Crippen LogP contribution is 2.20. The highest BCUT2D eigenvalue weighted by Gasteiger charge is 2.13. The number of hydrogen-bond acceptors (Lipinski definition) is 5. The van der Waals surface area contributed by atoms with Gasteiger partial charge in [0.15, 0.2) is 0 Å². The van der Waals surface area contributed by atoms with Crippen LogP contribution in [0, 0.1) is 0 Å². The summed E-state index contributed by atoms with van der Waals surface area (Å²) in [6.45, 7) is 3.45. The average Bonchev–Trinajstić information content (AvgIpc) is 2.37. The van der Waals surface area contributed by atoms with Crippen LogP contribution in [0.15, 0.2) is 33.5 Å². The van der Waals surface area contributed by atoms with Crippen molar-refractivity contribution in [3.63, 3.8) is 0 Å². The summed E-state index contributed by atoms with van der Waals surface area (Å²) in [5.41, 5.74) is -0.537. The molecule has 2 rings (SSSR count). The van der Waals surface area contributed by atoms with Crippen molar-refractivity contribution in [2.24, 2.45) is 0 Å². The Morgan fingerprint density at radius 2 is 2.05 bits per heavy atom. The number of rotatable bonds is 3. The average molecular weight is 275 g/mol. The molecular formula is C14H13NO5. The van der Waals surface area contributed by atoms with E-state index in [-0.39, 0.29) is 16.9 Å². The summed E-state index contributed by atoms with van der Waals surface area (Å²) in [7, 11) is 0. The van der Waals surface area contributed by atoms with E-state index >= 15 is 0 Å². The second-order valence-corrected chi connectivity index (χ2v) is 4.10. The first-order valence-corrected chi connectivity index (χ1v) is 6.05. The predicted octanol–water partition coefficient (Wildman–Crippen LogP) is 1.47. The van der Waals surface area contributed by atoms with Crippen LogP contribution in [-0.2, 0) is 4.79 Å². The molecule has 0 aliphatic carbocycles. The Morgan fingerprint density at radius 3 is 2.70 bits per heavy atom. The fourth-order valence-electron chi connectivity index (χ4n) is 1.74. The van der Waals surface area contributed by atoms with Crippen LogP contribution in [0.25, 0.3) is 11.0 Å². The minimum absolute atomic E-state index is 0.0559. The SMILES string of the molecule is CCNC(=O)c1cc2ccc(OC(C)=O)cc2oc1=O. The standard InChI is InChI=1S/C14H13NO5/c1-3-15-13(17)11-6-9-4-5-10(19-8(2)16)7-12(9)20-14(11)18/h4-7H,3H2,1-2H3,(H,15,17). The van der Waals surface area contributed by atoms with Crippen LogP contribution >= 0.6 is 0 Å². The van der Waals surface area contributed by atoms with E-state index in [2.05, 4.69) is 5.32 Å². The number of esters is 1. The van der Waals surface area contributed by atoms with Gasteiger partial charge in [-0.25, -0.2) is 4.79 Å². The van der Waals surface area contributed by atoms with E-state index in [1.165, 1.54) is 19.1 Å². The Morgan fingerprint density at radius 1 is 1.30 bits per heavy atom. The molecule has 0 radical (unpaired) electrons. The van der Waals surface area contributed by atoms with Crippen molar-refractivity contribution >= 4 is 22.8 Å². The van der Waals surface area contributed by atoms with Crippen LogP contribution < -0.4 is 15.7 Å². The van der Waals surface area contributed by atoms with Gasteiger partial charge in [0.1, 0.15) is 16.9 Å². The normalized spacial score (nSPS) is 10.3. The molecule has 104 valence electrons. The van der Waals surface area contributed by atoms with Crippen LogP contribution in [0.2, 0.25) is 0 Å². The zero-order valence-corrected chi connectivity index (χ0v) is 11.1. The van der Waals surface area contributed by atoms with E-state index in [9.17, 15) is 14.4 Å². The molecule has 6 heteroatoms. The molecule has 0 aliphatic rings. The van der Waals surface area contributed by atoms with Crippen molar-refractivity contribution in [3.8, 4) is 5.75 Å². The number of carbonyl (C=O) groups is 2. The maximum absolute atomic E-state index is 11.7. The maximum Gasteiger partial charge on any atom is 0.349 e. The second-order valence-electron chi connectivity index (χ2n) is 4.10. The third kappa shape index (κ3) is 2.85. The van der Waals surface area contributed by atoms with Gasteiger partial charge in [-0.2, -0.15) is 0 Å². The van der Waals surface area contributed by atoms with Crippen molar-refractivity contribution in [3.05, 3.63) is 40.2 Å². The Kier molecular flexibility index (Phi) is 3.84. The van der Waals surface area contributed by atoms with Crippen LogP contribution in [0.5, 0.6) is 5.75 Å². The lowest BCUT2D eigenvalue weighted by atomic mass is 10.1. The zero-order chi connectivity index (χ0) is 14.7. The third-order valence-corrected chi connectivity index (χ3v) is 2.55. The molecule has 1 heterocycles. The summed E-state index contributed by atoms with van der Waals surface area (Å²) in [5, 5.41) is 3.11. The summed E-state index contributed by atoms with van der Waals surface area (Å²) in [5.74, 6) is -0.670. The van der Waals surface area contributed by atoms with Crippen LogP contribution in [0.4, 0.5) is 0 Å². The molecule has 1 aromatic carbocycles. The number of nitrogens with one attached hydrogen (secondary N) is 1. The predicted molar refractivity (Wildman–Crippen MR) is 71.8 cm³/mol. The van der Waals surface area contributed by atoms with Crippen molar-refractivity contribution in [1.29, 1.82) is 0 Å². The minimum Gasteiger partial charge on any atom is -0.427 e. The molecule has 1 N–H and O–H groups in total. The fourth-order valence-corrected chi connectivity index (χ4v) is 1.74. The molecule has 20 heavy (non-hydrogen) atoms. The highest BCUT2D eigenvalue weighted by atomic mass is 16.5. The van der Waals surface area contributed by atoms with Gasteiger partial charge in [-0.15, -0.1) is 0 Å². The molecule has 0 saturated heterocycles. The third-order valence-electron chi connectivity index (χ3n) is 2.55. The van der Waals surface area contributed by atoms with E-state index in [0.29, 0.717) is 11.9 Å². The Hall–Kier alpha value is -2.63. The monoisotopic (exact) mass is 275 g/mol. The number of carbonyl (C=O) groups excluding carboxylic acids is 2. The molecule has 0 spiro atoms. The Labute approximate surface area is 114 Å². The van der Waals surface area contributed by atoms with Crippen molar-refractivity contribution < 1.29 is 18.7 Å². The summed E-state index contributed by atoms with van der Waals surface area (Å²) in [4.78, 5) is 34.3. The zero-order valence-electron chi connectivity index (χ0n) is 11.1. The lowest BCUT2D eigenvalue weighted by molar-refractivity contribution is -0.131. The first kappa shape index (κ1) is 13.8. The number of hydrogen-bond donors (Lipinski definition) is 1. The number of amides is 1. The quantitative estimate of drug-likeness (QED) is 0.521. The van der Waals surface area contributed by atoms with Gasteiger partial charge in [0.05, 0.1) is 0 Å². The van der Waals surface area contributed by atoms with E-state index in [1.54, 1.807) is 19.1 Å². The molecule has 0 fully saturated rings. The molecule has 0 atom stereocenters. The van der Waals surface area contributed by atoms with Gasteiger partial charge >= 0.3 is 11.6 Å². The Balaban J connectivity index is 2.48. The summed E-state index contributed by atoms with van der Waals surface area (Å²) >= 11 is 0. The van der Waals surface area contributed by atoms with Crippen molar-refractivity contribution in [1.82, 2.24) is 5.32 Å². The van der Waals surface area contributed by atoms with E-state index < -0.39 is 17.5 Å². The van der Waals surface area contributed by atoms with Crippen molar-refractivity contribution in [2.75, 3.05) is 6.54 Å². The van der Waals surface area contributed by atoms with E-state index in [4.69, 9.17) is 9.15 Å². The number of ether oxygens (including phenoxy) is 1. The van der Waals surface area contributed by atoms with Gasteiger partial charge in [-0.3, -0.25) is 9.59 Å². The van der Waals surface area contributed by atoms with Gasteiger partial charge in [0.25, 0.3) is 5.91 Å². The molecule has 6 nitrogen and oxygen atoms in total. The topological polar surface area (TPSA) is 85.6 Å². The van der Waals surface area contributed by atoms with E-state index in [0.717, 1.165) is 0 Å². The fraction of sp³-hybridized carbons (Fsp3) is 0.214. The molecular weight excluding hydrogens is 262 g/mol. The summed E-state index contributed by atoms with van der Waals surface area (Å²) in [6.07, 6.45) is 0. The molecule has 0 bridgehead atoms.